The average molecular weight is 310 g/mol. The van der Waals surface area contributed by atoms with Gasteiger partial charge in [0.1, 0.15) is 0 Å². The number of aliphatic hydroxyl groups is 1. The quantitative estimate of drug-likeness (QED) is 0.698. The molecular formula is C15H13F3N2O2. The second kappa shape index (κ2) is 4.92. The van der Waals surface area contributed by atoms with E-state index in [4.69, 9.17) is 5.11 Å². The molecule has 2 aliphatic rings. The molecule has 4 nitrogen and oxygen atoms in total. The molecule has 3 rings (SSSR count). The molecule has 1 aromatic carbocycles. The number of aliphatic hydroxyl groups excluding tert-OH is 1. The fraction of sp³-hybridized carbons (Fsp3) is 0.400. The molecule has 1 heterocycles. The maximum Gasteiger partial charge on any atom is 0.427 e. The molecule has 2 amide bonds. The Morgan fingerprint density at radius 1 is 1.36 bits per heavy atom. The minimum absolute atomic E-state index is 0.0118. The molecule has 7 heteroatoms. The number of carbonyl (C=O) groups is 1. The Hall–Kier alpha value is -2.20. The monoisotopic (exact) mass is 310 g/mol. The van der Waals surface area contributed by atoms with Gasteiger partial charge in [0, 0.05) is 17.2 Å². The topological polar surface area (TPSA) is 61.4 Å². The van der Waals surface area contributed by atoms with Crippen LogP contribution in [0.3, 0.4) is 0 Å². The standard InChI is InChI=1S/C15H13F3N2O2/c16-15(17,18)14(6-5-9-1-2-9)11-4-3-10(8-21)7-12(11)19-13(22)20-14/h3-4,7,9,21H,1-2,8H2,(H2,19,20,22)/t14-/m0/s1. The number of fused-ring (bicyclic) bond motifs is 1. The first-order chi connectivity index (χ1) is 10.4. The second-order valence-corrected chi connectivity index (χ2v) is 5.41. The molecule has 0 spiro atoms. The van der Waals surface area contributed by atoms with Gasteiger partial charge in [0.05, 0.1) is 6.61 Å². The Balaban J connectivity index is 2.18. The molecule has 116 valence electrons. The van der Waals surface area contributed by atoms with Gasteiger partial charge in [-0.2, -0.15) is 13.2 Å². The molecule has 1 aliphatic heterocycles. The van der Waals surface area contributed by atoms with Gasteiger partial charge in [-0.05, 0) is 24.5 Å². The lowest BCUT2D eigenvalue weighted by atomic mass is 9.85. The van der Waals surface area contributed by atoms with Crippen molar-refractivity contribution in [2.75, 3.05) is 5.32 Å². The van der Waals surface area contributed by atoms with Crippen molar-refractivity contribution < 1.29 is 23.1 Å². The molecule has 0 aromatic heterocycles. The van der Waals surface area contributed by atoms with E-state index in [2.05, 4.69) is 17.2 Å². The fourth-order valence-corrected chi connectivity index (χ4v) is 2.34. The van der Waals surface area contributed by atoms with Gasteiger partial charge in [0.2, 0.25) is 5.54 Å². The normalized spacial score (nSPS) is 23.7. The third-order valence-corrected chi connectivity index (χ3v) is 3.69. The highest BCUT2D eigenvalue weighted by molar-refractivity contribution is 5.94. The summed E-state index contributed by atoms with van der Waals surface area (Å²) in [5, 5.41) is 13.4. The maximum atomic E-state index is 13.7. The molecular weight excluding hydrogens is 297 g/mol. The first-order valence-corrected chi connectivity index (χ1v) is 6.78. The van der Waals surface area contributed by atoms with Gasteiger partial charge in [-0.25, -0.2) is 4.79 Å². The minimum atomic E-state index is -4.76. The number of halogens is 3. The summed E-state index contributed by atoms with van der Waals surface area (Å²) in [4.78, 5) is 11.7. The molecule has 1 aromatic rings. The number of nitrogens with one attached hydrogen (secondary N) is 2. The lowest BCUT2D eigenvalue weighted by Gasteiger charge is -2.37. The molecule has 1 aliphatic carbocycles. The number of hydrogen-bond acceptors (Lipinski definition) is 2. The molecule has 3 N–H and O–H groups in total. The lowest BCUT2D eigenvalue weighted by molar-refractivity contribution is -0.178. The van der Waals surface area contributed by atoms with Crippen molar-refractivity contribution >= 4 is 11.7 Å². The van der Waals surface area contributed by atoms with Crippen LogP contribution in [0.4, 0.5) is 23.7 Å². The summed E-state index contributed by atoms with van der Waals surface area (Å²) in [5.41, 5.74) is -2.46. The van der Waals surface area contributed by atoms with Crippen molar-refractivity contribution in [3.05, 3.63) is 29.3 Å². The Kier molecular flexibility index (Phi) is 3.29. The summed E-state index contributed by atoms with van der Waals surface area (Å²) in [6, 6.07) is 2.98. The molecule has 0 saturated heterocycles. The summed E-state index contributed by atoms with van der Waals surface area (Å²) < 4.78 is 41.1. The molecule has 0 unspecified atom stereocenters. The number of amides is 2. The lowest BCUT2D eigenvalue weighted by Crippen LogP contribution is -2.59. The number of urea groups is 1. The minimum Gasteiger partial charge on any atom is -0.392 e. The van der Waals surface area contributed by atoms with Crippen LogP contribution < -0.4 is 10.6 Å². The van der Waals surface area contributed by atoms with E-state index in [-0.39, 0.29) is 23.8 Å². The van der Waals surface area contributed by atoms with Gasteiger partial charge in [-0.15, -0.1) is 0 Å². The molecule has 22 heavy (non-hydrogen) atoms. The van der Waals surface area contributed by atoms with Crippen LogP contribution >= 0.6 is 0 Å². The van der Waals surface area contributed by atoms with Crippen LogP contribution in [0.15, 0.2) is 18.2 Å². The Morgan fingerprint density at radius 2 is 2.09 bits per heavy atom. The first kappa shape index (κ1) is 14.7. The number of alkyl halides is 3. The van der Waals surface area contributed by atoms with Crippen LogP contribution in [0.5, 0.6) is 0 Å². The number of benzene rings is 1. The highest BCUT2D eigenvalue weighted by atomic mass is 19.4. The van der Waals surface area contributed by atoms with Gasteiger partial charge < -0.3 is 15.7 Å². The van der Waals surface area contributed by atoms with E-state index in [1.807, 2.05) is 5.32 Å². The molecule has 1 fully saturated rings. The number of hydrogen-bond donors (Lipinski definition) is 3. The fourth-order valence-electron chi connectivity index (χ4n) is 2.34. The van der Waals surface area contributed by atoms with Crippen molar-refractivity contribution in [2.24, 2.45) is 5.92 Å². The van der Waals surface area contributed by atoms with Crippen molar-refractivity contribution in [2.45, 2.75) is 31.2 Å². The van der Waals surface area contributed by atoms with E-state index in [1.165, 1.54) is 18.2 Å². The van der Waals surface area contributed by atoms with Crippen LogP contribution in [-0.2, 0) is 12.1 Å². The number of carbonyl (C=O) groups excluding carboxylic acids is 1. The summed E-state index contributed by atoms with van der Waals surface area (Å²) in [6.07, 6.45) is -3.20. The Bertz CT molecular complexity index is 686. The second-order valence-electron chi connectivity index (χ2n) is 5.41. The predicted octanol–water partition coefficient (Wildman–Crippen LogP) is 2.49. The van der Waals surface area contributed by atoms with Crippen LogP contribution in [0, 0.1) is 17.8 Å². The average Bonchev–Trinajstić information content (AvgIpc) is 3.26. The Morgan fingerprint density at radius 3 is 2.68 bits per heavy atom. The number of rotatable bonds is 1. The van der Waals surface area contributed by atoms with Crippen molar-refractivity contribution in [1.29, 1.82) is 0 Å². The van der Waals surface area contributed by atoms with Crippen molar-refractivity contribution in [1.82, 2.24) is 5.32 Å². The van der Waals surface area contributed by atoms with Gasteiger partial charge in [0.25, 0.3) is 0 Å². The molecule has 0 bridgehead atoms. The summed E-state index contributed by atoms with van der Waals surface area (Å²) in [6.45, 7) is -0.330. The molecule has 0 radical (unpaired) electrons. The van der Waals surface area contributed by atoms with Gasteiger partial charge in [-0.3, -0.25) is 0 Å². The van der Waals surface area contributed by atoms with E-state index in [0.29, 0.717) is 5.56 Å². The zero-order valence-electron chi connectivity index (χ0n) is 11.4. The van der Waals surface area contributed by atoms with Gasteiger partial charge in [-0.1, -0.05) is 24.0 Å². The smallest absolute Gasteiger partial charge is 0.392 e. The Labute approximate surface area is 124 Å². The number of anilines is 1. The van der Waals surface area contributed by atoms with Crippen molar-refractivity contribution in [3.63, 3.8) is 0 Å². The predicted molar refractivity (Wildman–Crippen MR) is 72.8 cm³/mol. The van der Waals surface area contributed by atoms with Crippen LogP contribution in [0.2, 0.25) is 0 Å². The maximum absolute atomic E-state index is 13.7. The summed E-state index contributed by atoms with van der Waals surface area (Å²) >= 11 is 0. The largest absolute Gasteiger partial charge is 0.427 e. The molecule has 1 atom stereocenters. The van der Waals surface area contributed by atoms with E-state index in [1.54, 1.807) is 0 Å². The zero-order chi connectivity index (χ0) is 16.0. The highest BCUT2D eigenvalue weighted by Crippen LogP contribution is 2.44. The zero-order valence-corrected chi connectivity index (χ0v) is 11.4. The van der Waals surface area contributed by atoms with E-state index >= 15 is 0 Å². The first-order valence-electron chi connectivity index (χ1n) is 6.78. The van der Waals surface area contributed by atoms with E-state index in [9.17, 15) is 18.0 Å². The highest BCUT2D eigenvalue weighted by Gasteiger charge is 2.59. The van der Waals surface area contributed by atoms with Crippen LogP contribution in [-0.4, -0.2) is 17.3 Å². The van der Waals surface area contributed by atoms with E-state index in [0.717, 1.165) is 12.8 Å². The third-order valence-electron chi connectivity index (χ3n) is 3.69. The summed E-state index contributed by atoms with van der Waals surface area (Å²) in [5.74, 6) is 4.82. The van der Waals surface area contributed by atoms with Crippen LogP contribution in [0.25, 0.3) is 0 Å². The van der Waals surface area contributed by atoms with Gasteiger partial charge >= 0.3 is 12.2 Å². The molecule has 1 saturated carbocycles. The van der Waals surface area contributed by atoms with Gasteiger partial charge in [0.15, 0.2) is 0 Å². The SMILES string of the molecule is O=C1Nc2cc(CO)ccc2[C@@](C#CC2CC2)(C(F)(F)F)N1. The van der Waals surface area contributed by atoms with Crippen LogP contribution in [0.1, 0.15) is 24.0 Å². The van der Waals surface area contributed by atoms with E-state index < -0.39 is 17.7 Å². The van der Waals surface area contributed by atoms with Crippen molar-refractivity contribution in [3.8, 4) is 11.8 Å². The third kappa shape index (κ3) is 2.40. The summed E-state index contributed by atoms with van der Waals surface area (Å²) in [7, 11) is 0.